The lowest BCUT2D eigenvalue weighted by atomic mass is 10.1. The van der Waals surface area contributed by atoms with Crippen LogP contribution in [0, 0.1) is 0 Å². The Morgan fingerprint density at radius 3 is 1.97 bits per heavy atom. The van der Waals surface area contributed by atoms with Crippen LogP contribution < -0.4 is 0 Å². The van der Waals surface area contributed by atoms with Crippen LogP contribution in [0.4, 0.5) is 35.1 Å². The van der Waals surface area contributed by atoms with Crippen LogP contribution in [-0.2, 0) is 24.4 Å². The number of fused-ring (bicyclic) bond motifs is 1. The summed E-state index contributed by atoms with van der Waals surface area (Å²) in [5.74, 6) is -19.4. The minimum absolute atomic E-state index is 0.0293. The van der Waals surface area contributed by atoms with E-state index in [9.17, 15) is 56.5 Å². The zero-order valence-electron chi connectivity index (χ0n) is 14.6. The van der Waals surface area contributed by atoms with E-state index in [0.717, 1.165) is 18.2 Å². The molecule has 0 atom stereocenters. The fraction of sp³-hybridized carbons (Fsp3) is 0.333. The molecule has 16 heteroatoms. The monoisotopic (exact) mass is 502 g/mol. The van der Waals surface area contributed by atoms with Gasteiger partial charge in [0.25, 0.3) is 20.2 Å². The first-order chi connectivity index (χ1) is 13.9. The molecule has 174 valence electrons. The number of hydrogen-bond acceptors (Lipinski definition) is 5. The van der Waals surface area contributed by atoms with Crippen LogP contribution in [0.25, 0.3) is 10.8 Å². The smallest absolute Gasteiger partial charge is 0.282 e. The molecule has 31 heavy (non-hydrogen) atoms. The molecule has 0 aliphatic rings. The molecule has 0 saturated carbocycles. The third-order valence-corrected chi connectivity index (χ3v) is 6.31. The molecule has 6 nitrogen and oxygen atoms in total. The molecule has 2 aromatic carbocycles. The van der Waals surface area contributed by atoms with Gasteiger partial charge in [-0.2, -0.15) is 43.2 Å². The van der Waals surface area contributed by atoms with Gasteiger partial charge in [-0.05, 0) is 11.5 Å². The van der Waals surface area contributed by atoms with E-state index >= 15 is 0 Å². The molecule has 0 saturated heterocycles. The number of rotatable bonds is 8. The van der Waals surface area contributed by atoms with Gasteiger partial charge in [-0.25, -0.2) is 8.78 Å². The summed E-state index contributed by atoms with van der Waals surface area (Å²) >= 11 is 0. The average molecular weight is 502 g/mol. The Morgan fingerprint density at radius 1 is 0.903 bits per heavy atom. The van der Waals surface area contributed by atoms with Gasteiger partial charge in [0.05, 0.1) is 0 Å². The molecule has 0 amide bonds. The first-order valence-corrected chi connectivity index (χ1v) is 10.5. The predicted molar refractivity (Wildman–Crippen MR) is 87.7 cm³/mol. The van der Waals surface area contributed by atoms with Crippen molar-refractivity contribution in [2.45, 2.75) is 34.0 Å². The molecular weight excluding hydrogens is 492 g/mol. The predicted octanol–water partition coefficient (Wildman–Crippen LogP) is 3.96. The van der Waals surface area contributed by atoms with E-state index in [4.69, 9.17) is 0 Å². The quantitative estimate of drug-likeness (QED) is 0.334. The van der Waals surface area contributed by atoms with Crippen molar-refractivity contribution >= 4 is 31.0 Å². The van der Waals surface area contributed by atoms with Gasteiger partial charge < -0.3 is 0 Å². The fourth-order valence-electron chi connectivity index (χ4n) is 2.37. The molecule has 0 aliphatic heterocycles. The van der Waals surface area contributed by atoms with Crippen LogP contribution in [-0.4, -0.2) is 52.2 Å². The third-order valence-electron chi connectivity index (χ3n) is 3.92. The van der Waals surface area contributed by atoms with Gasteiger partial charge in [0, 0.05) is 5.39 Å². The van der Waals surface area contributed by atoms with E-state index in [1.54, 1.807) is 0 Å². The second-order valence-corrected chi connectivity index (χ2v) is 8.95. The second kappa shape index (κ2) is 7.83. The van der Waals surface area contributed by atoms with Gasteiger partial charge in [-0.3, -0.25) is 8.74 Å². The Labute approximate surface area is 169 Å². The fourth-order valence-corrected chi connectivity index (χ4v) is 4.76. The second-order valence-electron chi connectivity index (χ2n) is 6.01. The van der Waals surface area contributed by atoms with Gasteiger partial charge in [0.1, 0.15) is 16.4 Å². The van der Waals surface area contributed by atoms with E-state index in [1.807, 2.05) is 0 Å². The molecule has 0 heterocycles. The molecule has 0 fully saturated rings. The lowest BCUT2D eigenvalue weighted by molar-refractivity contribution is -0.342. The van der Waals surface area contributed by atoms with Crippen molar-refractivity contribution in [3.8, 4) is 0 Å². The highest BCUT2D eigenvalue weighted by atomic mass is 32.2. The maximum atomic E-state index is 13.6. The van der Waals surface area contributed by atoms with Crippen LogP contribution in [0.3, 0.4) is 0 Å². The Balaban J connectivity index is 2.57. The number of halogens is 8. The summed E-state index contributed by atoms with van der Waals surface area (Å²) < 4.78 is 165. The summed E-state index contributed by atoms with van der Waals surface area (Å²) in [5, 5.41) is -0.552. The van der Waals surface area contributed by atoms with Crippen molar-refractivity contribution in [1.29, 1.82) is 0 Å². The molecule has 0 spiro atoms. The summed E-state index contributed by atoms with van der Waals surface area (Å²) in [6.45, 7) is -3.04. The van der Waals surface area contributed by atoms with E-state index in [0.29, 0.717) is 6.07 Å². The maximum Gasteiger partial charge on any atom is 0.380 e. The van der Waals surface area contributed by atoms with Crippen LogP contribution in [0.1, 0.15) is 0 Å². The number of hydrogen-bond donors (Lipinski definition) is 1. The summed E-state index contributed by atoms with van der Waals surface area (Å²) in [4.78, 5) is -2.84. The van der Waals surface area contributed by atoms with Crippen molar-refractivity contribution < 1.29 is 60.7 Å². The van der Waals surface area contributed by atoms with Crippen molar-refractivity contribution in [1.82, 2.24) is 0 Å². The highest BCUT2D eigenvalue weighted by Crippen LogP contribution is 2.49. The molecule has 0 unspecified atom stereocenters. The van der Waals surface area contributed by atoms with Gasteiger partial charge >= 0.3 is 24.2 Å². The number of alkyl halides is 8. The summed E-state index contributed by atoms with van der Waals surface area (Å²) in [6, 6.07) is 6.19. The summed E-state index contributed by atoms with van der Waals surface area (Å²) in [5.41, 5.74) is 0. The Hall–Kier alpha value is -2.04. The summed E-state index contributed by atoms with van der Waals surface area (Å²) in [7, 11) is -11.1. The minimum Gasteiger partial charge on any atom is -0.282 e. The lowest BCUT2D eigenvalue weighted by Gasteiger charge is -2.31. The Kier molecular flexibility index (Phi) is 6.37. The van der Waals surface area contributed by atoms with Crippen molar-refractivity contribution in [2.24, 2.45) is 0 Å². The lowest BCUT2D eigenvalue weighted by Crippen LogP contribution is -2.59. The van der Waals surface area contributed by atoms with Gasteiger partial charge in [0.2, 0.25) is 0 Å². The summed E-state index contributed by atoms with van der Waals surface area (Å²) in [6.07, 6.45) is -5.23. The third kappa shape index (κ3) is 4.47. The van der Waals surface area contributed by atoms with Gasteiger partial charge in [-0.15, -0.1) is 0 Å². The van der Waals surface area contributed by atoms with Gasteiger partial charge in [0.15, 0.2) is 0 Å². The van der Waals surface area contributed by atoms with Crippen LogP contribution in [0.2, 0.25) is 0 Å². The normalized spacial score (nSPS) is 14.4. The van der Waals surface area contributed by atoms with E-state index in [2.05, 4.69) is 4.18 Å². The highest BCUT2D eigenvalue weighted by Gasteiger charge is 2.75. The SMILES string of the molecule is O=S(=O)(O)c1ccc2ccccc2c1S(=O)(=O)OCC(F)(F)C(F)(F)C(F)(F)C(F)F. The average Bonchev–Trinajstić information content (AvgIpc) is 2.64. The molecule has 0 aliphatic carbocycles. The zero-order chi connectivity index (χ0) is 24.0. The van der Waals surface area contributed by atoms with Crippen molar-refractivity contribution in [3.63, 3.8) is 0 Å². The minimum atomic E-state index is -6.74. The Bertz CT molecular complexity index is 1200. The van der Waals surface area contributed by atoms with Crippen molar-refractivity contribution in [2.75, 3.05) is 6.61 Å². The maximum absolute atomic E-state index is 13.6. The van der Waals surface area contributed by atoms with E-state index in [-0.39, 0.29) is 5.39 Å². The topological polar surface area (TPSA) is 97.7 Å². The van der Waals surface area contributed by atoms with Crippen LogP contribution in [0.5, 0.6) is 0 Å². The molecule has 2 rings (SSSR count). The van der Waals surface area contributed by atoms with E-state index < -0.39 is 66.2 Å². The molecule has 0 aromatic heterocycles. The van der Waals surface area contributed by atoms with Crippen molar-refractivity contribution in [3.05, 3.63) is 36.4 Å². The van der Waals surface area contributed by atoms with Crippen LogP contribution in [0.15, 0.2) is 46.2 Å². The first kappa shape index (κ1) is 25.2. The number of benzene rings is 2. The van der Waals surface area contributed by atoms with Crippen LogP contribution >= 0.6 is 0 Å². The molecule has 0 radical (unpaired) electrons. The Morgan fingerprint density at radius 2 is 1.45 bits per heavy atom. The van der Waals surface area contributed by atoms with E-state index in [1.165, 1.54) is 12.1 Å². The first-order valence-electron chi connectivity index (χ1n) is 7.66. The largest absolute Gasteiger partial charge is 0.380 e. The molecule has 0 bridgehead atoms. The standard InChI is InChI=1S/C15H10F8O6S2/c16-12(17)14(20,21)15(22,23)13(18,19)7-29-31(27,28)11-9-4-2-1-3-8(9)5-6-10(11)30(24,25)26/h1-6,12H,7H2,(H,24,25,26). The molecule has 2 aromatic rings. The molecular formula is C15H10F8O6S2. The van der Waals surface area contributed by atoms with Gasteiger partial charge in [-0.1, -0.05) is 30.3 Å². The molecule has 1 N–H and O–H groups in total. The highest BCUT2D eigenvalue weighted by molar-refractivity contribution is 7.89. The zero-order valence-corrected chi connectivity index (χ0v) is 16.2.